The lowest BCUT2D eigenvalue weighted by atomic mass is 10.1. The Morgan fingerprint density at radius 3 is 2.75 bits per heavy atom. The van der Waals surface area contributed by atoms with Gasteiger partial charge in [-0.15, -0.1) is 0 Å². The Bertz CT molecular complexity index is 716. The third-order valence-electron chi connectivity index (χ3n) is 3.57. The van der Waals surface area contributed by atoms with Gasteiger partial charge in [0.25, 0.3) is 0 Å². The van der Waals surface area contributed by atoms with Gasteiger partial charge in [0.2, 0.25) is 0 Å². The van der Waals surface area contributed by atoms with E-state index in [1.807, 2.05) is 12.3 Å². The fourth-order valence-electron chi connectivity index (χ4n) is 2.53. The van der Waals surface area contributed by atoms with E-state index in [0.29, 0.717) is 0 Å². The van der Waals surface area contributed by atoms with Crippen molar-refractivity contribution in [3.63, 3.8) is 0 Å². The first-order valence-corrected chi connectivity index (χ1v) is 7.80. The first-order valence-electron chi connectivity index (χ1n) is 7.00. The molecule has 0 saturated carbocycles. The molecule has 0 amide bonds. The molecular weight excluding hydrogens is 312 g/mol. The normalized spacial score (nSPS) is 11.1. The molecule has 0 radical (unpaired) electrons. The van der Waals surface area contributed by atoms with Crippen molar-refractivity contribution in [3.05, 3.63) is 59.0 Å². The topological polar surface area (TPSA) is 17.8 Å². The summed E-state index contributed by atoms with van der Waals surface area (Å²) < 4.78 is 3.13. The van der Waals surface area contributed by atoms with Crippen molar-refractivity contribution in [1.82, 2.24) is 9.55 Å². The molecule has 1 aromatic carbocycles. The van der Waals surface area contributed by atoms with Crippen LogP contribution in [-0.2, 0) is 6.42 Å². The monoisotopic (exact) mass is 328 g/mol. The summed E-state index contributed by atoms with van der Waals surface area (Å²) in [6, 6.07) is 12.6. The van der Waals surface area contributed by atoms with E-state index in [-0.39, 0.29) is 0 Å². The molecule has 20 heavy (non-hydrogen) atoms. The number of pyridine rings is 1. The van der Waals surface area contributed by atoms with E-state index in [0.717, 1.165) is 11.0 Å². The quantitative estimate of drug-likeness (QED) is 0.607. The fraction of sp³-hybridized carbons (Fsp3) is 0.235. The van der Waals surface area contributed by atoms with Crippen LogP contribution in [0.2, 0.25) is 0 Å². The van der Waals surface area contributed by atoms with Gasteiger partial charge < -0.3 is 4.57 Å². The minimum Gasteiger partial charge on any atom is -0.316 e. The van der Waals surface area contributed by atoms with Crippen molar-refractivity contribution in [1.29, 1.82) is 0 Å². The lowest BCUT2D eigenvalue weighted by molar-refractivity contribution is 0.797. The van der Waals surface area contributed by atoms with Crippen LogP contribution in [0.25, 0.3) is 16.6 Å². The van der Waals surface area contributed by atoms with Crippen molar-refractivity contribution in [3.8, 4) is 5.69 Å². The van der Waals surface area contributed by atoms with Crippen molar-refractivity contribution in [2.75, 3.05) is 0 Å². The number of halogens is 1. The zero-order chi connectivity index (χ0) is 13.9. The molecule has 2 aromatic heterocycles. The molecule has 102 valence electrons. The Kier molecular flexibility index (Phi) is 3.88. The summed E-state index contributed by atoms with van der Waals surface area (Å²) in [4.78, 5) is 4.39. The summed E-state index contributed by atoms with van der Waals surface area (Å²) in [5.74, 6) is 0. The summed E-state index contributed by atoms with van der Waals surface area (Å²) in [6.07, 6.45) is 7.76. The van der Waals surface area contributed by atoms with Gasteiger partial charge in [0.1, 0.15) is 4.60 Å². The Hall–Kier alpha value is -1.61. The summed E-state index contributed by atoms with van der Waals surface area (Å²) in [5.41, 5.74) is 3.79. The standard InChI is InChI=1S/C17H17BrN2/c1-2-3-7-13-12-20(14-8-5-4-6-9-14)16-10-17(18)19-11-15(13)16/h4-6,8-12H,2-3,7H2,1H3. The molecule has 0 spiro atoms. The summed E-state index contributed by atoms with van der Waals surface area (Å²) in [6.45, 7) is 2.23. The average Bonchev–Trinajstić information content (AvgIpc) is 2.84. The Balaban J connectivity index is 2.18. The van der Waals surface area contributed by atoms with Gasteiger partial charge in [0.15, 0.2) is 0 Å². The second-order valence-corrected chi connectivity index (χ2v) is 5.80. The predicted octanol–water partition coefficient (Wildman–Crippen LogP) is 5.13. The minimum absolute atomic E-state index is 0.877. The first kappa shape index (κ1) is 13.4. The maximum absolute atomic E-state index is 4.39. The van der Waals surface area contributed by atoms with E-state index in [1.165, 1.54) is 35.0 Å². The molecular formula is C17H17BrN2. The summed E-state index contributed by atoms with van der Waals surface area (Å²) >= 11 is 3.48. The summed E-state index contributed by atoms with van der Waals surface area (Å²) in [7, 11) is 0. The van der Waals surface area contributed by atoms with E-state index in [2.05, 4.69) is 68.9 Å². The van der Waals surface area contributed by atoms with Crippen molar-refractivity contribution >= 4 is 26.8 Å². The van der Waals surface area contributed by atoms with Crippen LogP contribution >= 0.6 is 15.9 Å². The molecule has 0 fully saturated rings. The molecule has 0 saturated heterocycles. The van der Waals surface area contributed by atoms with E-state index < -0.39 is 0 Å². The highest BCUT2D eigenvalue weighted by atomic mass is 79.9. The number of benzene rings is 1. The van der Waals surface area contributed by atoms with Crippen LogP contribution < -0.4 is 0 Å². The molecule has 0 N–H and O–H groups in total. The SMILES string of the molecule is CCCCc1cn(-c2ccccc2)c2cc(Br)ncc12. The number of para-hydroxylation sites is 1. The third kappa shape index (κ3) is 2.50. The molecule has 2 heterocycles. The number of fused-ring (bicyclic) bond motifs is 1. The lowest BCUT2D eigenvalue weighted by Gasteiger charge is -2.04. The third-order valence-corrected chi connectivity index (χ3v) is 4.01. The molecule has 0 unspecified atom stereocenters. The van der Waals surface area contributed by atoms with Gasteiger partial charge in [-0.25, -0.2) is 4.98 Å². The molecule has 0 aliphatic carbocycles. The minimum atomic E-state index is 0.877. The van der Waals surface area contributed by atoms with Crippen molar-refractivity contribution < 1.29 is 0 Å². The van der Waals surface area contributed by atoms with Crippen LogP contribution in [-0.4, -0.2) is 9.55 Å². The van der Waals surface area contributed by atoms with Crippen molar-refractivity contribution in [2.24, 2.45) is 0 Å². The number of unbranched alkanes of at least 4 members (excludes halogenated alkanes) is 1. The Labute approximate surface area is 127 Å². The maximum Gasteiger partial charge on any atom is 0.108 e. The van der Waals surface area contributed by atoms with Gasteiger partial charge in [-0.1, -0.05) is 31.5 Å². The first-order chi connectivity index (χ1) is 9.79. The highest BCUT2D eigenvalue weighted by molar-refractivity contribution is 9.10. The van der Waals surface area contributed by atoms with Gasteiger partial charge in [-0.2, -0.15) is 0 Å². The molecule has 0 atom stereocenters. The van der Waals surface area contributed by atoms with Gasteiger partial charge in [0, 0.05) is 23.5 Å². The molecule has 3 heteroatoms. The number of hydrogen-bond donors (Lipinski definition) is 0. The predicted molar refractivity (Wildman–Crippen MR) is 87.4 cm³/mol. The van der Waals surface area contributed by atoms with E-state index >= 15 is 0 Å². The van der Waals surface area contributed by atoms with Gasteiger partial charge in [-0.3, -0.25) is 0 Å². The average molecular weight is 329 g/mol. The van der Waals surface area contributed by atoms with Crippen LogP contribution in [0.5, 0.6) is 0 Å². The molecule has 3 aromatic rings. The van der Waals surface area contributed by atoms with Crippen LogP contribution in [0, 0.1) is 0 Å². The van der Waals surface area contributed by atoms with Crippen LogP contribution in [0.3, 0.4) is 0 Å². The van der Waals surface area contributed by atoms with Gasteiger partial charge >= 0.3 is 0 Å². The van der Waals surface area contributed by atoms with Crippen molar-refractivity contribution in [2.45, 2.75) is 26.2 Å². The van der Waals surface area contributed by atoms with Crippen LogP contribution in [0.1, 0.15) is 25.3 Å². The molecule has 0 bridgehead atoms. The number of aryl methyl sites for hydroxylation is 1. The maximum atomic E-state index is 4.39. The Morgan fingerprint density at radius 2 is 2.00 bits per heavy atom. The van der Waals surface area contributed by atoms with Gasteiger partial charge in [0.05, 0.1) is 5.52 Å². The fourth-order valence-corrected chi connectivity index (χ4v) is 2.85. The molecule has 3 rings (SSSR count). The van der Waals surface area contributed by atoms with Crippen LogP contribution in [0.4, 0.5) is 0 Å². The molecule has 0 aliphatic heterocycles. The number of hydrogen-bond acceptors (Lipinski definition) is 1. The number of rotatable bonds is 4. The zero-order valence-corrected chi connectivity index (χ0v) is 13.1. The van der Waals surface area contributed by atoms with Crippen LogP contribution in [0.15, 0.2) is 53.4 Å². The zero-order valence-electron chi connectivity index (χ0n) is 11.5. The highest BCUT2D eigenvalue weighted by Gasteiger charge is 2.10. The second kappa shape index (κ2) is 5.80. The van der Waals surface area contributed by atoms with E-state index in [9.17, 15) is 0 Å². The van der Waals surface area contributed by atoms with E-state index in [1.54, 1.807) is 0 Å². The summed E-state index contributed by atoms with van der Waals surface area (Å²) in [5, 5.41) is 1.26. The highest BCUT2D eigenvalue weighted by Crippen LogP contribution is 2.27. The second-order valence-electron chi connectivity index (χ2n) is 4.99. The Morgan fingerprint density at radius 1 is 1.20 bits per heavy atom. The number of nitrogens with zero attached hydrogens (tertiary/aromatic N) is 2. The van der Waals surface area contributed by atoms with E-state index in [4.69, 9.17) is 0 Å². The molecule has 0 aliphatic rings. The molecule has 2 nitrogen and oxygen atoms in total. The number of aromatic nitrogens is 2. The lowest BCUT2D eigenvalue weighted by Crippen LogP contribution is -1.91. The van der Waals surface area contributed by atoms with Gasteiger partial charge in [-0.05, 0) is 52.5 Å². The smallest absolute Gasteiger partial charge is 0.108 e. The largest absolute Gasteiger partial charge is 0.316 e.